The molecular formula is C58H91N7O14. The number of carbonyl (C=O) groups excluding carboxylic acids is 10. The maximum absolute atomic E-state index is 15.0. The molecule has 79 heavy (non-hydrogen) atoms. The fourth-order valence-corrected chi connectivity index (χ4v) is 10.6. The summed E-state index contributed by atoms with van der Waals surface area (Å²) in [5.41, 5.74) is 0.585. The van der Waals surface area contributed by atoms with Crippen LogP contribution >= 0.6 is 0 Å². The van der Waals surface area contributed by atoms with Crippen LogP contribution in [0, 0.1) is 35.5 Å². The second-order valence-electron chi connectivity index (χ2n) is 23.4. The number of esters is 2. The molecular weight excluding hydrogens is 1020 g/mol. The number of fused-ring (bicyclic) bond motifs is 1. The molecule has 0 aliphatic carbocycles. The zero-order valence-electron chi connectivity index (χ0n) is 49.4. The first-order valence-corrected chi connectivity index (χ1v) is 28.3. The highest BCUT2D eigenvalue weighted by atomic mass is 16.6. The largest absolute Gasteiger partial charge is 0.497 e. The van der Waals surface area contributed by atoms with Crippen LogP contribution in [-0.2, 0) is 63.8 Å². The Morgan fingerprint density at radius 2 is 1.48 bits per heavy atom. The molecule has 3 aliphatic heterocycles. The van der Waals surface area contributed by atoms with Gasteiger partial charge in [-0.05, 0) is 93.7 Å². The summed E-state index contributed by atoms with van der Waals surface area (Å²) in [7, 11) is 4.38. The quantitative estimate of drug-likeness (QED) is 0.145. The molecule has 4 rings (SSSR count). The van der Waals surface area contributed by atoms with Gasteiger partial charge in [0, 0.05) is 39.5 Å². The summed E-state index contributed by atoms with van der Waals surface area (Å²) in [5, 5.41) is 20.2. The number of hydrogen-bond donors (Lipinski definition) is 4. The summed E-state index contributed by atoms with van der Waals surface area (Å²) in [6, 6.07) is -1.82. The Labute approximate surface area is 467 Å². The minimum atomic E-state index is -1.73. The number of rotatable bonds is 15. The fraction of sp³-hybridized carbons (Fsp3) is 0.724. The van der Waals surface area contributed by atoms with E-state index in [0.717, 1.165) is 0 Å². The van der Waals surface area contributed by atoms with Crippen LogP contribution in [-0.4, -0.2) is 179 Å². The van der Waals surface area contributed by atoms with Gasteiger partial charge in [0.2, 0.25) is 41.4 Å². The maximum Gasteiger partial charge on any atom is 0.329 e. The summed E-state index contributed by atoms with van der Waals surface area (Å²) in [6.45, 7) is 20.9. The van der Waals surface area contributed by atoms with Crippen LogP contribution in [0.25, 0.3) is 0 Å². The van der Waals surface area contributed by atoms with Gasteiger partial charge in [0.05, 0.1) is 31.6 Å². The number of carbonyl (C=O) groups is 10. The molecule has 3 aliphatic rings. The number of nitrogens with zero attached hydrogens (tertiary/aromatic N) is 4. The number of aliphatic hydroxyl groups excluding tert-OH is 1. The molecule has 3 saturated heterocycles. The first kappa shape index (κ1) is 65.4. The van der Waals surface area contributed by atoms with E-state index in [1.165, 1.54) is 54.7 Å². The SMILES string of the molecule is CC[C@H](C)[C@@H]1NC(=O)[C@@H](NC(=O)[C@@H](CC(C)C)N(C)C(=O)[C@@H]2CCCN2C(=O)C(C)C)[C@H](C)OC(=O)[C@H](Cc2ccc(OC)cc2)N(C)C(=O)[C@@H]2CCCN2C(=O)[C@@H](CC(C)C)NC(=O)[C@@H](C)C(=O)[C@@H](C(C)C)OC(=O)C[C@H]1O. The third kappa shape index (κ3) is 17.0. The number of ether oxygens (including phenoxy) is 3. The van der Waals surface area contributed by atoms with Gasteiger partial charge in [-0.25, -0.2) is 4.79 Å². The lowest BCUT2D eigenvalue weighted by molar-refractivity contribution is -0.163. The van der Waals surface area contributed by atoms with Crippen LogP contribution in [0.1, 0.15) is 140 Å². The molecule has 0 aromatic heterocycles. The third-order valence-corrected chi connectivity index (χ3v) is 15.6. The minimum absolute atomic E-state index is 0.115. The fourth-order valence-electron chi connectivity index (χ4n) is 10.6. The molecule has 0 unspecified atom stereocenters. The van der Waals surface area contributed by atoms with E-state index in [9.17, 15) is 48.3 Å². The van der Waals surface area contributed by atoms with Gasteiger partial charge in [-0.15, -0.1) is 0 Å². The molecule has 7 amide bonds. The van der Waals surface area contributed by atoms with Crippen molar-refractivity contribution in [2.75, 3.05) is 34.3 Å². The van der Waals surface area contributed by atoms with E-state index >= 15 is 4.79 Å². The Bertz CT molecular complexity index is 2330. The predicted octanol–water partition coefficient (Wildman–Crippen LogP) is 3.59. The lowest BCUT2D eigenvalue weighted by atomic mass is 9.91. The minimum Gasteiger partial charge on any atom is -0.497 e. The van der Waals surface area contributed by atoms with Crippen LogP contribution in [0.5, 0.6) is 5.75 Å². The summed E-state index contributed by atoms with van der Waals surface area (Å²) in [4.78, 5) is 149. The number of aliphatic hydroxyl groups is 1. The van der Waals surface area contributed by atoms with E-state index in [2.05, 4.69) is 16.0 Å². The second kappa shape index (κ2) is 29.4. The number of Topliss-reactive ketones (excluding diaryl/α,β-unsaturated/α-hetero) is 1. The van der Waals surface area contributed by atoms with Crippen molar-refractivity contribution < 1.29 is 67.3 Å². The summed E-state index contributed by atoms with van der Waals surface area (Å²) < 4.78 is 17.3. The molecule has 1 aromatic rings. The van der Waals surface area contributed by atoms with E-state index in [4.69, 9.17) is 14.2 Å². The summed E-state index contributed by atoms with van der Waals surface area (Å²) in [6.07, 6.45) is -3.21. The summed E-state index contributed by atoms with van der Waals surface area (Å²) >= 11 is 0. The molecule has 0 spiro atoms. The number of ketones is 1. The van der Waals surface area contributed by atoms with E-state index < -0.39 is 138 Å². The van der Waals surface area contributed by atoms with Crippen molar-refractivity contribution >= 4 is 59.1 Å². The molecule has 0 radical (unpaired) electrons. The van der Waals surface area contributed by atoms with Gasteiger partial charge in [-0.2, -0.15) is 0 Å². The van der Waals surface area contributed by atoms with Crippen molar-refractivity contribution in [1.29, 1.82) is 0 Å². The van der Waals surface area contributed by atoms with Crippen molar-refractivity contribution in [2.24, 2.45) is 35.5 Å². The molecule has 4 N–H and O–H groups in total. The Balaban J connectivity index is 1.89. The smallest absolute Gasteiger partial charge is 0.329 e. The number of hydrogen-bond acceptors (Lipinski definition) is 14. The van der Waals surface area contributed by atoms with Crippen molar-refractivity contribution in [1.82, 2.24) is 35.6 Å². The molecule has 3 fully saturated rings. The molecule has 12 atom stereocenters. The standard InChI is InChI=1S/C58H91N7O14/c1-16-35(10)47-45(66)30-46(67)79-50(33(6)7)49(68)36(11)51(69)59-40(27-31(2)3)55(73)65-26-18-20-42(65)57(75)63(14)44(29-38-21-23-39(77-15)24-22-38)58(76)78-37(12)48(53(71)60-47)61-52(70)43(28-32(4)5)62(13)56(74)41-19-17-25-64(41)54(72)34(8)9/h21-24,31-37,40-45,47-48,50,66H,16-20,25-30H2,1-15H3,(H,59,69)(H,60,71)(H,61,70)/t35-,36-,37-,40+,41-,42-,43+,44-,45+,47-,48-,50+/m0/s1. The van der Waals surface area contributed by atoms with Crippen molar-refractivity contribution in [3.8, 4) is 5.75 Å². The highest BCUT2D eigenvalue weighted by Crippen LogP contribution is 2.28. The van der Waals surface area contributed by atoms with E-state index in [0.29, 0.717) is 43.5 Å². The predicted molar refractivity (Wildman–Crippen MR) is 293 cm³/mol. The Morgan fingerprint density at radius 1 is 0.848 bits per heavy atom. The maximum atomic E-state index is 15.0. The van der Waals surface area contributed by atoms with Gasteiger partial charge < -0.3 is 54.9 Å². The molecule has 3 heterocycles. The van der Waals surface area contributed by atoms with Gasteiger partial charge in [0.25, 0.3) is 0 Å². The van der Waals surface area contributed by atoms with Gasteiger partial charge in [-0.1, -0.05) is 87.8 Å². The highest BCUT2D eigenvalue weighted by molar-refractivity contribution is 6.05. The van der Waals surface area contributed by atoms with Crippen molar-refractivity contribution in [2.45, 2.75) is 201 Å². The van der Waals surface area contributed by atoms with Crippen molar-refractivity contribution in [3.63, 3.8) is 0 Å². The molecule has 21 nitrogen and oxygen atoms in total. The van der Waals surface area contributed by atoms with Crippen LogP contribution in [0.4, 0.5) is 0 Å². The number of methoxy groups -OCH3 is 1. The Kier molecular flexibility index (Phi) is 24.3. The molecule has 0 bridgehead atoms. The molecule has 442 valence electrons. The van der Waals surface area contributed by atoms with Gasteiger partial charge in [0.15, 0.2) is 11.9 Å². The Hall–Kier alpha value is -6.12. The van der Waals surface area contributed by atoms with Crippen LogP contribution in [0.2, 0.25) is 0 Å². The second-order valence-corrected chi connectivity index (χ2v) is 23.4. The number of amides is 7. The average Bonchev–Trinajstić information content (AvgIpc) is 4.13. The number of benzene rings is 1. The molecule has 1 aromatic carbocycles. The zero-order valence-corrected chi connectivity index (χ0v) is 49.4. The van der Waals surface area contributed by atoms with E-state index in [-0.39, 0.29) is 55.9 Å². The number of cyclic esters (lactones) is 2. The van der Waals surface area contributed by atoms with Gasteiger partial charge in [0.1, 0.15) is 48.1 Å². The van der Waals surface area contributed by atoms with Crippen LogP contribution in [0.3, 0.4) is 0 Å². The number of likely N-dealkylation sites (N-methyl/N-ethyl adjacent to an activating group) is 2. The first-order chi connectivity index (χ1) is 37.0. The normalized spacial score (nSPS) is 27.3. The Morgan fingerprint density at radius 3 is 2.05 bits per heavy atom. The molecule has 0 saturated carbocycles. The topological polar surface area (TPSA) is 268 Å². The zero-order chi connectivity index (χ0) is 59.3. The van der Waals surface area contributed by atoms with Crippen LogP contribution < -0.4 is 20.7 Å². The van der Waals surface area contributed by atoms with E-state index in [1.807, 2.05) is 27.7 Å². The number of nitrogens with one attached hydrogen (secondary N) is 3. The van der Waals surface area contributed by atoms with Gasteiger partial charge in [-0.3, -0.25) is 43.2 Å². The van der Waals surface area contributed by atoms with Crippen LogP contribution in [0.15, 0.2) is 24.3 Å². The lowest BCUT2D eigenvalue weighted by Gasteiger charge is -2.36. The first-order valence-electron chi connectivity index (χ1n) is 28.3. The lowest BCUT2D eigenvalue weighted by Crippen LogP contribution is -2.62. The number of likely N-dealkylation sites (tertiary alicyclic amines) is 1. The highest BCUT2D eigenvalue weighted by Gasteiger charge is 2.46. The van der Waals surface area contributed by atoms with Crippen molar-refractivity contribution in [3.05, 3.63) is 29.8 Å². The monoisotopic (exact) mass is 1110 g/mol. The summed E-state index contributed by atoms with van der Waals surface area (Å²) in [5.74, 6) is -9.84. The van der Waals surface area contributed by atoms with Gasteiger partial charge >= 0.3 is 11.9 Å². The van der Waals surface area contributed by atoms with E-state index in [1.54, 1.807) is 65.8 Å². The average molecular weight is 1110 g/mol. The third-order valence-electron chi connectivity index (χ3n) is 15.6. The molecule has 21 heteroatoms.